The molecule has 5 heteroatoms. The minimum atomic E-state index is 0.282. The molecule has 132 valence electrons. The molecule has 0 aliphatic carbocycles. The number of pyridine rings is 1. The summed E-state index contributed by atoms with van der Waals surface area (Å²) in [6.07, 6.45) is 6.87. The average molecular weight is 331 g/mol. The summed E-state index contributed by atoms with van der Waals surface area (Å²) in [7, 11) is 1.76. The van der Waals surface area contributed by atoms with Crippen molar-refractivity contribution < 1.29 is 9.53 Å². The van der Waals surface area contributed by atoms with Crippen LogP contribution in [0.15, 0.2) is 24.4 Å². The number of nitrogens with zero attached hydrogens (tertiary/aromatic N) is 3. The predicted molar refractivity (Wildman–Crippen MR) is 93.7 cm³/mol. The number of ether oxygens (including phenoxy) is 1. The highest BCUT2D eigenvalue weighted by molar-refractivity contribution is 5.77. The third-order valence-electron chi connectivity index (χ3n) is 5.46. The first kappa shape index (κ1) is 17.4. The first-order valence-electron chi connectivity index (χ1n) is 9.10. The van der Waals surface area contributed by atoms with Gasteiger partial charge in [-0.2, -0.15) is 0 Å². The summed E-state index contributed by atoms with van der Waals surface area (Å²) in [4.78, 5) is 21.3. The molecule has 2 saturated heterocycles. The molecule has 2 fully saturated rings. The van der Waals surface area contributed by atoms with E-state index < -0.39 is 0 Å². The minimum absolute atomic E-state index is 0.282. The summed E-state index contributed by atoms with van der Waals surface area (Å²) in [6, 6.07) is 5.98. The molecule has 1 atom stereocenters. The van der Waals surface area contributed by atoms with Crippen LogP contribution in [0, 0.1) is 5.41 Å². The van der Waals surface area contributed by atoms with Gasteiger partial charge in [-0.1, -0.05) is 6.07 Å². The maximum Gasteiger partial charge on any atom is 0.222 e. The number of carbonyl (C=O) groups is 1. The van der Waals surface area contributed by atoms with E-state index >= 15 is 0 Å². The average Bonchev–Trinajstić information content (AvgIpc) is 2.62. The van der Waals surface area contributed by atoms with Gasteiger partial charge in [-0.15, -0.1) is 0 Å². The first-order valence-corrected chi connectivity index (χ1v) is 9.10. The molecule has 0 aromatic carbocycles. The molecule has 0 bridgehead atoms. The van der Waals surface area contributed by atoms with E-state index in [0.717, 1.165) is 57.9 Å². The molecule has 1 aromatic heterocycles. The van der Waals surface area contributed by atoms with Crippen molar-refractivity contribution >= 4 is 5.91 Å². The van der Waals surface area contributed by atoms with E-state index in [2.05, 4.69) is 14.8 Å². The Morgan fingerprint density at radius 2 is 2.17 bits per heavy atom. The van der Waals surface area contributed by atoms with E-state index in [0.29, 0.717) is 12.3 Å². The Labute approximate surface area is 145 Å². The van der Waals surface area contributed by atoms with Crippen molar-refractivity contribution in [2.24, 2.45) is 5.41 Å². The van der Waals surface area contributed by atoms with Crippen molar-refractivity contribution in [1.29, 1.82) is 0 Å². The van der Waals surface area contributed by atoms with Gasteiger partial charge < -0.3 is 14.5 Å². The van der Waals surface area contributed by atoms with E-state index in [1.807, 2.05) is 24.4 Å². The van der Waals surface area contributed by atoms with Gasteiger partial charge >= 0.3 is 0 Å². The van der Waals surface area contributed by atoms with Gasteiger partial charge in [0.1, 0.15) is 0 Å². The van der Waals surface area contributed by atoms with Gasteiger partial charge in [0, 0.05) is 63.4 Å². The first-order chi connectivity index (χ1) is 11.7. The number of hydrogen-bond donors (Lipinski definition) is 0. The number of carbonyl (C=O) groups excluding carboxylic acids is 1. The topological polar surface area (TPSA) is 45.7 Å². The monoisotopic (exact) mass is 331 g/mol. The van der Waals surface area contributed by atoms with Crippen LogP contribution in [0.3, 0.4) is 0 Å². The second-order valence-electron chi connectivity index (χ2n) is 7.26. The molecule has 2 aliphatic heterocycles. The van der Waals surface area contributed by atoms with Gasteiger partial charge in [0.25, 0.3) is 0 Å². The predicted octanol–water partition coefficient (Wildman–Crippen LogP) is 1.98. The Hall–Kier alpha value is -1.46. The van der Waals surface area contributed by atoms with Crippen molar-refractivity contribution in [2.75, 3.05) is 46.4 Å². The van der Waals surface area contributed by atoms with E-state index in [4.69, 9.17) is 4.74 Å². The Morgan fingerprint density at radius 3 is 2.96 bits per heavy atom. The number of aromatic nitrogens is 1. The molecule has 0 N–H and O–H groups in total. The second kappa shape index (κ2) is 8.08. The molecule has 1 aromatic rings. The van der Waals surface area contributed by atoms with Gasteiger partial charge in [0.2, 0.25) is 5.91 Å². The number of rotatable bonds is 6. The van der Waals surface area contributed by atoms with Gasteiger partial charge in [-0.05, 0) is 37.9 Å². The van der Waals surface area contributed by atoms with Gasteiger partial charge in [-0.3, -0.25) is 9.78 Å². The highest BCUT2D eigenvalue weighted by Gasteiger charge is 2.41. The van der Waals surface area contributed by atoms with E-state index in [-0.39, 0.29) is 5.41 Å². The summed E-state index contributed by atoms with van der Waals surface area (Å²) in [5, 5.41) is 0. The second-order valence-corrected chi connectivity index (χ2v) is 7.26. The summed E-state index contributed by atoms with van der Waals surface area (Å²) >= 11 is 0. The molecule has 2 aliphatic rings. The molecular weight excluding hydrogens is 302 g/mol. The van der Waals surface area contributed by atoms with Crippen LogP contribution in [0.2, 0.25) is 0 Å². The lowest BCUT2D eigenvalue weighted by atomic mass is 9.73. The Morgan fingerprint density at radius 1 is 1.25 bits per heavy atom. The zero-order chi connectivity index (χ0) is 16.8. The quantitative estimate of drug-likeness (QED) is 0.800. The number of amides is 1. The van der Waals surface area contributed by atoms with Gasteiger partial charge in [-0.25, -0.2) is 0 Å². The summed E-state index contributed by atoms with van der Waals surface area (Å²) < 4.78 is 5.23. The molecule has 5 nitrogen and oxygen atoms in total. The minimum Gasteiger partial charge on any atom is -0.383 e. The number of methoxy groups -OCH3 is 1. The lowest BCUT2D eigenvalue weighted by Gasteiger charge is -2.48. The number of likely N-dealkylation sites (tertiary alicyclic amines) is 2. The fourth-order valence-electron chi connectivity index (χ4n) is 4.16. The normalized spacial score (nSPS) is 25.4. The molecule has 3 heterocycles. The summed E-state index contributed by atoms with van der Waals surface area (Å²) in [6.45, 7) is 5.74. The number of hydrogen-bond acceptors (Lipinski definition) is 4. The molecule has 0 unspecified atom stereocenters. The van der Waals surface area contributed by atoms with Crippen LogP contribution in [-0.4, -0.2) is 67.1 Å². The molecule has 0 radical (unpaired) electrons. The lowest BCUT2D eigenvalue weighted by Crippen LogP contribution is -2.54. The SMILES string of the molecule is COCCN1CCC[C@]2(CCC(=O)N(CCc3ccccn3)C2)C1. The van der Waals surface area contributed by atoms with Crippen molar-refractivity contribution in [3.63, 3.8) is 0 Å². The molecular formula is C19H29N3O2. The highest BCUT2D eigenvalue weighted by Crippen LogP contribution is 2.38. The van der Waals surface area contributed by atoms with Crippen molar-refractivity contribution in [2.45, 2.75) is 32.1 Å². The van der Waals surface area contributed by atoms with Crippen molar-refractivity contribution in [3.05, 3.63) is 30.1 Å². The van der Waals surface area contributed by atoms with Crippen LogP contribution >= 0.6 is 0 Å². The zero-order valence-corrected chi connectivity index (χ0v) is 14.7. The molecule has 1 amide bonds. The fraction of sp³-hybridized carbons (Fsp3) is 0.684. The Bertz CT molecular complexity index is 537. The van der Waals surface area contributed by atoms with Gasteiger partial charge in [0.15, 0.2) is 0 Å². The van der Waals surface area contributed by atoms with Crippen LogP contribution in [0.1, 0.15) is 31.4 Å². The maximum absolute atomic E-state index is 12.4. The third-order valence-corrected chi connectivity index (χ3v) is 5.46. The van der Waals surface area contributed by atoms with Crippen LogP contribution in [0.4, 0.5) is 0 Å². The van der Waals surface area contributed by atoms with E-state index in [1.54, 1.807) is 7.11 Å². The van der Waals surface area contributed by atoms with Crippen LogP contribution < -0.4 is 0 Å². The molecule has 1 spiro atoms. The molecule has 24 heavy (non-hydrogen) atoms. The van der Waals surface area contributed by atoms with E-state index in [9.17, 15) is 4.79 Å². The zero-order valence-electron chi connectivity index (χ0n) is 14.7. The van der Waals surface area contributed by atoms with Crippen LogP contribution in [0.5, 0.6) is 0 Å². The molecule has 3 rings (SSSR count). The number of piperidine rings is 2. The molecule has 0 saturated carbocycles. The third kappa shape index (κ3) is 4.33. The van der Waals surface area contributed by atoms with Crippen LogP contribution in [0.25, 0.3) is 0 Å². The van der Waals surface area contributed by atoms with Crippen molar-refractivity contribution in [1.82, 2.24) is 14.8 Å². The van der Waals surface area contributed by atoms with Crippen LogP contribution in [-0.2, 0) is 16.0 Å². The Kier molecular flexibility index (Phi) is 5.85. The highest BCUT2D eigenvalue weighted by atomic mass is 16.5. The summed E-state index contributed by atoms with van der Waals surface area (Å²) in [5.41, 5.74) is 1.35. The van der Waals surface area contributed by atoms with Gasteiger partial charge in [0.05, 0.1) is 6.61 Å². The fourth-order valence-corrected chi connectivity index (χ4v) is 4.16. The van der Waals surface area contributed by atoms with E-state index in [1.165, 1.54) is 12.8 Å². The maximum atomic E-state index is 12.4. The largest absolute Gasteiger partial charge is 0.383 e. The smallest absolute Gasteiger partial charge is 0.222 e. The standard InChI is InChI=1S/C19H29N3O2/c1-24-14-13-21-11-4-8-19(15-21)9-6-18(23)22(16-19)12-7-17-5-2-3-10-20-17/h2-3,5,10H,4,6-9,11-16H2,1H3/t19-/m0/s1. The Balaban J connectivity index is 1.58. The van der Waals surface area contributed by atoms with Crippen molar-refractivity contribution in [3.8, 4) is 0 Å². The lowest BCUT2D eigenvalue weighted by molar-refractivity contribution is -0.139. The summed E-state index contributed by atoms with van der Waals surface area (Å²) in [5.74, 6) is 0.311.